The molecule has 0 radical (unpaired) electrons. The van der Waals surface area contributed by atoms with Crippen LogP contribution < -0.4 is 21.3 Å². The summed E-state index contributed by atoms with van der Waals surface area (Å²) >= 11 is 0. The average molecular weight is 403 g/mol. The van der Waals surface area contributed by atoms with Gasteiger partial charge in [0.05, 0.1) is 24.5 Å². The molecular formula is C23H25N5O2. The average Bonchev–Trinajstić information content (AvgIpc) is 2.79. The van der Waals surface area contributed by atoms with Crippen LogP contribution in [0.25, 0.3) is 0 Å². The minimum absolute atomic E-state index is 0.360. The zero-order valence-electron chi connectivity index (χ0n) is 16.7. The smallest absolute Gasteiger partial charge is 0.252 e. The molecule has 2 heterocycles. The molecule has 0 unspecified atom stereocenters. The van der Waals surface area contributed by atoms with Crippen molar-refractivity contribution in [3.63, 3.8) is 0 Å². The van der Waals surface area contributed by atoms with Gasteiger partial charge >= 0.3 is 0 Å². The summed E-state index contributed by atoms with van der Waals surface area (Å²) in [5, 5.41) is 6.62. The van der Waals surface area contributed by atoms with Gasteiger partial charge in [0, 0.05) is 43.3 Å². The van der Waals surface area contributed by atoms with E-state index in [0.717, 1.165) is 43.2 Å². The highest BCUT2D eigenvalue weighted by Gasteiger charge is 2.13. The number of nitrogens with one attached hydrogen (secondary N) is 2. The van der Waals surface area contributed by atoms with E-state index in [4.69, 9.17) is 10.5 Å². The maximum absolute atomic E-state index is 11.8. The van der Waals surface area contributed by atoms with Gasteiger partial charge < -0.3 is 26.0 Å². The van der Waals surface area contributed by atoms with Crippen LogP contribution in [0.2, 0.25) is 0 Å². The van der Waals surface area contributed by atoms with Crippen LogP contribution in [0, 0.1) is 0 Å². The van der Waals surface area contributed by atoms with Crippen molar-refractivity contribution >= 4 is 28.8 Å². The molecule has 0 spiro atoms. The fourth-order valence-electron chi connectivity index (χ4n) is 3.41. The first-order valence-corrected chi connectivity index (χ1v) is 9.96. The molecule has 30 heavy (non-hydrogen) atoms. The van der Waals surface area contributed by atoms with Crippen molar-refractivity contribution in [3.05, 3.63) is 78.0 Å². The Kier molecular flexibility index (Phi) is 6.10. The minimum atomic E-state index is -0.515. The van der Waals surface area contributed by atoms with E-state index < -0.39 is 5.91 Å². The first-order valence-electron chi connectivity index (χ1n) is 9.96. The van der Waals surface area contributed by atoms with Gasteiger partial charge in [0.1, 0.15) is 5.82 Å². The summed E-state index contributed by atoms with van der Waals surface area (Å²) < 4.78 is 5.43. The SMILES string of the molecule is NC(=O)c1cnc(Nc2cccc(N3CCOCC3)c2)cc1NCc1ccccc1. The number of primary amides is 1. The molecule has 1 aliphatic heterocycles. The Morgan fingerprint density at radius 3 is 2.63 bits per heavy atom. The molecule has 154 valence electrons. The molecule has 1 aliphatic rings. The lowest BCUT2D eigenvalue weighted by molar-refractivity contribution is 0.100. The number of aromatic nitrogens is 1. The molecule has 0 aliphatic carbocycles. The summed E-state index contributed by atoms with van der Waals surface area (Å²) in [5.74, 6) is 0.119. The van der Waals surface area contributed by atoms with Crippen LogP contribution in [0.5, 0.6) is 0 Å². The highest BCUT2D eigenvalue weighted by molar-refractivity contribution is 5.98. The first-order chi connectivity index (χ1) is 14.7. The van der Waals surface area contributed by atoms with Crippen LogP contribution in [0.1, 0.15) is 15.9 Å². The Bertz CT molecular complexity index is 1000. The van der Waals surface area contributed by atoms with Gasteiger partial charge in [-0.3, -0.25) is 4.79 Å². The lowest BCUT2D eigenvalue weighted by atomic mass is 10.2. The van der Waals surface area contributed by atoms with E-state index >= 15 is 0 Å². The zero-order valence-corrected chi connectivity index (χ0v) is 16.7. The van der Waals surface area contributed by atoms with Gasteiger partial charge in [-0.2, -0.15) is 0 Å². The Labute approximate surface area is 175 Å². The summed E-state index contributed by atoms with van der Waals surface area (Å²) in [5.41, 5.74) is 9.71. The Morgan fingerprint density at radius 1 is 1.07 bits per heavy atom. The highest BCUT2D eigenvalue weighted by Crippen LogP contribution is 2.25. The van der Waals surface area contributed by atoms with E-state index in [9.17, 15) is 4.79 Å². The highest BCUT2D eigenvalue weighted by atomic mass is 16.5. The van der Waals surface area contributed by atoms with Crippen molar-refractivity contribution in [1.29, 1.82) is 0 Å². The van der Waals surface area contributed by atoms with Crippen LogP contribution >= 0.6 is 0 Å². The largest absolute Gasteiger partial charge is 0.380 e. The Balaban J connectivity index is 1.52. The number of nitrogens with two attached hydrogens (primary N) is 1. The molecule has 7 nitrogen and oxygen atoms in total. The monoisotopic (exact) mass is 403 g/mol. The van der Waals surface area contributed by atoms with Crippen molar-refractivity contribution < 1.29 is 9.53 Å². The van der Waals surface area contributed by atoms with Gasteiger partial charge in [-0.25, -0.2) is 4.98 Å². The number of benzene rings is 2. The number of ether oxygens (including phenoxy) is 1. The van der Waals surface area contributed by atoms with Gasteiger partial charge in [-0.1, -0.05) is 36.4 Å². The third kappa shape index (κ3) is 4.87. The summed E-state index contributed by atoms with van der Waals surface area (Å²) in [6.07, 6.45) is 1.50. The van der Waals surface area contributed by atoms with E-state index in [1.54, 1.807) is 0 Å². The second-order valence-electron chi connectivity index (χ2n) is 7.09. The maximum atomic E-state index is 11.8. The zero-order chi connectivity index (χ0) is 20.8. The number of carbonyl (C=O) groups is 1. The number of carbonyl (C=O) groups excluding carboxylic acids is 1. The number of pyridine rings is 1. The molecule has 0 saturated carbocycles. The molecule has 0 atom stereocenters. The molecule has 1 aromatic heterocycles. The minimum Gasteiger partial charge on any atom is -0.380 e. The number of hydrogen-bond donors (Lipinski definition) is 3. The summed E-state index contributed by atoms with van der Waals surface area (Å²) in [6.45, 7) is 3.82. The summed E-state index contributed by atoms with van der Waals surface area (Å²) in [7, 11) is 0. The number of rotatable bonds is 7. The fraction of sp³-hybridized carbons (Fsp3) is 0.217. The molecule has 1 saturated heterocycles. The van der Waals surface area contributed by atoms with Crippen LogP contribution in [0.3, 0.4) is 0 Å². The van der Waals surface area contributed by atoms with Gasteiger partial charge in [0.25, 0.3) is 5.91 Å². The molecule has 4 N–H and O–H groups in total. The van der Waals surface area contributed by atoms with Gasteiger partial charge in [-0.15, -0.1) is 0 Å². The first kappa shape index (κ1) is 19.7. The van der Waals surface area contributed by atoms with E-state index in [2.05, 4.69) is 32.7 Å². The van der Waals surface area contributed by atoms with Crippen LogP contribution in [-0.2, 0) is 11.3 Å². The lowest BCUT2D eigenvalue weighted by Crippen LogP contribution is -2.36. The van der Waals surface area contributed by atoms with E-state index in [-0.39, 0.29) is 0 Å². The van der Waals surface area contributed by atoms with E-state index in [1.165, 1.54) is 6.20 Å². The van der Waals surface area contributed by atoms with E-state index in [1.807, 2.05) is 48.5 Å². The van der Waals surface area contributed by atoms with Gasteiger partial charge in [0.15, 0.2) is 0 Å². The lowest BCUT2D eigenvalue weighted by Gasteiger charge is -2.29. The van der Waals surface area contributed by atoms with E-state index in [0.29, 0.717) is 23.6 Å². The molecule has 1 fully saturated rings. The predicted octanol–water partition coefficient (Wildman–Crippen LogP) is 3.37. The number of morpholine rings is 1. The second kappa shape index (κ2) is 9.28. The summed E-state index contributed by atoms with van der Waals surface area (Å²) in [4.78, 5) is 18.5. The standard InChI is InChI=1S/C23H25N5O2/c24-23(29)20-16-26-22(14-21(20)25-15-17-5-2-1-3-6-17)27-18-7-4-8-19(13-18)28-9-11-30-12-10-28/h1-8,13-14,16H,9-12,15H2,(H2,24,29)(H2,25,26,27). The second-order valence-corrected chi connectivity index (χ2v) is 7.09. The normalized spacial score (nSPS) is 13.7. The van der Waals surface area contributed by atoms with Crippen LogP contribution in [0.4, 0.5) is 22.9 Å². The number of nitrogens with zero attached hydrogens (tertiary/aromatic N) is 2. The third-order valence-corrected chi connectivity index (χ3v) is 4.99. The molecule has 7 heteroatoms. The molecular weight excluding hydrogens is 378 g/mol. The van der Waals surface area contributed by atoms with Crippen LogP contribution in [0.15, 0.2) is 66.9 Å². The predicted molar refractivity (Wildman–Crippen MR) is 119 cm³/mol. The Hall–Kier alpha value is -3.58. The molecule has 3 aromatic rings. The van der Waals surface area contributed by atoms with Crippen LogP contribution in [-0.4, -0.2) is 37.2 Å². The van der Waals surface area contributed by atoms with Crippen molar-refractivity contribution in [1.82, 2.24) is 4.98 Å². The maximum Gasteiger partial charge on any atom is 0.252 e. The number of amides is 1. The molecule has 2 aromatic carbocycles. The molecule has 0 bridgehead atoms. The van der Waals surface area contributed by atoms with Crippen molar-refractivity contribution in [2.75, 3.05) is 41.8 Å². The molecule has 4 rings (SSSR count). The van der Waals surface area contributed by atoms with Crippen molar-refractivity contribution in [2.24, 2.45) is 5.73 Å². The molecule has 1 amide bonds. The topological polar surface area (TPSA) is 92.5 Å². The Morgan fingerprint density at radius 2 is 1.87 bits per heavy atom. The summed E-state index contributed by atoms with van der Waals surface area (Å²) in [6, 6.07) is 20.0. The van der Waals surface area contributed by atoms with Crippen molar-refractivity contribution in [2.45, 2.75) is 6.54 Å². The van der Waals surface area contributed by atoms with Gasteiger partial charge in [-0.05, 0) is 23.8 Å². The third-order valence-electron chi connectivity index (χ3n) is 4.99. The number of hydrogen-bond acceptors (Lipinski definition) is 6. The van der Waals surface area contributed by atoms with Gasteiger partial charge in [0.2, 0.25) is 0 Å². The quantitative estimate of drug-likeness (QED) is 0.560. The fourth-order valence-corrected chi connectivity index (χ4v) is 3.41. The number of anilines is 4. The van der Waals surface area contributed by atoms with Crippen molar-refractivity contribution in [3.8, 4) is 0 Å².